The van der Waals surface area contributed by atoms with E-state index in [4.69, 9.17) is 11.6 Å². The monoisotopic (exact) mass is 275 g/mol. The molecule has 1 fully saturated rings. The summed E-state index contributed by atoms with van der Waals surface area (Å²) in [5.41, 5.74) is 0.846. The van der Waals surface area contributed by atoms with Crippen LogP contribution in [0, 0.1) is 0 Å². The summed E-state index contributed by atoms with van der Waals surface area (Å²) in [6.07, 6.45) is 1.48. The van der Waals surface area contributed by atoms with E-state index in [1.54, 1.807) is 6.07 Å². The van der Waals surface area contributed by atoms with E-state index < -0.39 is 5.92 Å². The zero-order valence-electron chi connectivity index (χ0n) is 10.2. The number of aryl methyl sites for hydroxylation is 1. The van der Waals surface area contributed by atoms with Crippen LogP contribution in [0.3, 0.4) is 0 Å². The van der Waals surface area contributed by atoms with Gasteiger partial charge in [-0.05, 0) is 25.3 Å². The number of rotatable bonds is 3. The van der Waals surface area contributed by atoms with Crippen LogP contribution in [-0.4, -0.2) is 21.9 Å². The molecule has 0 amide bonds. The first kappa shape index (κ1) is 13.5. The maximum atomic E-state index is 13.0. The summed E-state index contributed by atoms with van der Waals surface area (Å²) in [5.74, 6) is -2.07. The van der Waals surface area contributed by atoms with Gasteiger partial charge in [-0.15, -0.1) is 0 Å². The Morgan fingerprint density at radius 1 is 1.39 bits per heavy atom. The van der Waals surface area contributed by atoms with Gasteiger partial charge in [0.1, 0.15) is 5.15 Å². The number of hydrogen-bond acceptors (Lipinski definition) is 3. The van der Waals surface area contributed by atoms with Gasteiger partial charge >= 0.3 is 0 Å². The second kappa shape index (κ2) is 5.34. The molecule has 3 nitrogen and oxygen atoms in total. The smallest absolute Gasteiger partial charge is 0.248 e. The zero-order valence-corrected chi connectivity index (χ0v) is 11.0. The zero-order chi connectivity index (χ0) is 13.2. The van der Waals surface area contributed by atoms with Gasteiger partial charge < -0.3 is 5.32 Å². The first-order valence-corrected chi connectivity index (χ1v) is 6.54. The van der Waals surface area contributed by atoms with E-state index >= 15 is 0 Å². The van der Waals surface area contributed by atoms with Crippen molar-refractivity contribution in [3.05, 3.63) is 16.9 Å². The average molecular weight is 276 g/mol. The lowest BCUT2D eigenvalue weighted by Gasteiger charge is -2.28. The van der Waals surface area contributed by atoms with Crippen LogP contribution in [0.15, 0.2) is 6.07 Å². The molecule has 2 rings (SSSR count). The Balaban J connectivity index is 2.00. The van der Waals surface area contributed by atoms with Crippen LogP contribution in [0.25, 0.3) is 0 Å². The fourth-order valence-corrected chi connectivity index (χ4v) is 2.28. The lowest BCUT2D eigenvalue weighted by molar-refractivity contribution is -0.0361. The minimum absolute atomic E-state index is 0.00722. The van der Waals surface area contributed by atoms with Gasteiger partial charge in [0.05, 0.1) is 0 Å². The van der Waals surface area contributed by atoms with Gasteiger partial charge in [0.2, 0.25) is 11.9 Å². The largest absolute Gasteiger partial charge is 0.351 e. The maximum Gasteiger partial charge on any atom is 0.248 e. The number of halogens is 3. The molecule has 0 spiro atoms. The van der Waals surface area contributed by atoms with Gasteiger partial charge in [-0.2, -0.15) is 0 Å². The van der Waals surface area contributed by atoms with Crippen LogP contribution in [0.4, 0.5) is 14.7 Å². The van der Waals surface area contributed by atoms with Crippen molar-refractivity contribution in [3.63, 3.8) is 0 Å². The van der Waals surface area contributed by atoms with E-state index in [1.165, 1.54) is 0 Å². The molecule has 0 radical (unpaired) electrons. The van der Waals surface area contributed by atoms with Crippen LogP contribution in [-0.2, 0) is 6.42 Å². The van der Waals surface area contributed by atoms with Crippen LogP contribution in [0.5, 0.6) is 0 Å². The molecule has 1 aliphatic rings. The highest BCUT2D eigenvalue weighted by Gasteiger charge is 2.35. The van der Waals surface area contributed by atoms with E-state index in [-0.39, 0.29) is 18.9 Å². The molecule has 0 atom stereocenters. The van der Waals surface area contributed by atoms with Crippen LogP contribution < -0.4 is 5.32 Å². The van der Waals surface area contributed by atoms with Gasteiger partial charge in [0.25, 0.3) is 0 Å². The molecule has 1 aromatic heterocycles. The molecule has 1 aromatic rings. The van der Waals surface area contributed by atoms with E-state index in [2.05, 4.69) is 15.3 Å². The molecule has 0 aliphatic heterocycles. The van der Waals surface area contributed by atoms with E-state index in [0.29, 0.717) is 23.9 Å². The third-order valence-electron chi connectivity index (χ3n) is 3.16. The highest BCUT2D eigenvalue weighted by atomic mass is 35.5. The van der Waals surface area contributed by atoms with Crippen molar-refractivity contribution in [1.29, 1.82) is 0 Å². The molecule has 6 heteroatoms. The molecule has 18 heavy (non-hydrogen) atoms. The van der Waals surface area contributed by atoms with Crippen molar-refractivity contribution in [3.8, 4) is 0 Å². The third-order valence-corrected chi connectivity index (χ3v) is 3.35. The second-order valence-electron chi connectivity index (χ2n) is 4.63. The maximum absolute atomic E-state index is 13.0. The van der Waals surface area contributed by atoms with Crippen LogP contribution >= 0.6 is 11.6 Å². The van der Waals surface area contributed by atoms with Crippen molar-refractivity contribution in [2.75, 3.05) is 5.32 Å². The molecular weight excluding hydrogens is 260 g/mol. The van der Waals surface area contributed by atoms with Gasteiger partial charge in [-0.25, -0.2) is 18.7 Å². The van der Waals surface area contributed by atoms with E-state index in [0.717, 1.165) is 12.1 Å². The highest BCUT2D eigenvalue weighted by molar-refractivity contribution is 6.29. The first-order chi connectivity index (χ1) is 8.48. The summed E-state index contributed by atoms with van der Waals surface area (Å²) in [4.78, 5) is 8.36. The SMILES string of the molecule is CCc1cc(Cl)nc(NC2CCC(F)(F)CC2)n1. The van der Waals surface area contributed by atoms with Gasteiger partial charge in [0.15, 0.2) is 0 Å². The van der Waals surface area contributed by atoms with Crippen molar-refractivity contribution >= 4 is 17.5 Å². The van der Waals surface area contributed by atoms with Gasteiger partial charge in [0, 0.05) is 24.6 Å². The molecule has 0 aromatic carbocycles. The number of nitrogens with one attached hydrogen (secondary N) is 1. The number of alkyl halides is 2. The number of anilines is 1. The predicted octanol–water partition coefficient (Wildman–Crippen LogP) is 3.68. The summed E-state index contributed by atoms with van der Waals surface area (Å²) in [5, 5.41) is 3.47. The lowest BCUT2D eigenvalue weighted by Crippen LogP contribution is -2.32. The Bertz CT molecular complexity index is 416. The quantitative estimate of drug-likeness (QED) is 0.855. The molecule has 1 saturated carbocycles. The highest BCUT2D eigenvalue weighted by Crippen LogP contribution is 2.33. The van der Waals surface area contributed by atoms with E-state index in [1.807, 2.05) is 6.92 Å². The molecular formula is C12H16ClF2N3. The number of nitrogens with zero attached hydrogens (tertiary/aromatic N) is 2. The number of aromatic nitrogens is 2. The van der Waals surface area contributed by atoms with Gasteiger partial charge in [-0.1, -0.05) is 18.5 Å². The first-order valence-electron chi connectivity index (χ1n) is 6.16. The Labute approximate surface area is 110 Å². The lowest BCUT2D eigenvalue weighted by atomic mass is 9.92. The Hall–Kier alpha value is -0.970. The van der Waals surface area contributed by atoms with Crippen molar-refractivity contribution in [1.82, 2.24) is 9.97 Å². The molecule has 0 bridgehead atoms. The van der Waals surface area contributed by atoms with Crippen molar-refractivity contribution in [2.45, 2.75) is 51.0 Å². The summed E-state index contributed by atoms with van der Waals surface area (Å²) in [6.45, 7) is 1.98. The molecule has 1 N–H and O–H groups in total. The minimum atomic E-state index is -2.51. The predicted molar refractivity (Wildman–Crippen MR) is 67.2 cm³/mol. The van der Waals surface area contributed by atoms with Gasteiger partial charge in [-0.3, -0.25) is 0 Å². The summed E-state index contributed by atoms with van der Waals surface area (Å²) < 4.78 is 26.0. The minimum Gasteiger partial charge on any atom is -0.351 e. The standard InChI is InChI=1S/C12H16ClF2N3/c1-2-8-7-10(13)18-11(16-8)17-9-3-5-12(14,15)6-4-9/h7,9H,2-6H2,1H3,(H,16,17,18). The average Bonchev–Trinajstić information content (AvgIpc) is 2.31. The fourth-order valence-electron chi connectivity index (χ4n) is 2.08. The van der Waals surface area contributed by atoms with Crippen LogP contribution in [0.2, 0.25) is 5.15 Å². The molecule has 1 aliphatic carbocycles. The topological polar surface area (TPSA) is 37.8 Å². The molecule has 0 saturated heterocycles. The number of hydrogen-bond donors (Lipinski definition) is 1. The molecule has 100 valence electrons. The Morgan fingerprint density at radius 3 is 2.67 bits per heavy atom. The Morgan fingerprint density at radius 2 is 2.06 bits per heavy atom. The van der Waals surface area contributed by atoms with E-state index in [9.17, 15) is 8.78 Å². The second-order valence-corrected chi connectivity index (χ2v) is 5.02. The molecule has 0 unspecified atom stereocenters. The fraction of sp³-hybridized carbons (Fsp3) is 0.667. The van der Waals surface area contributed by atoms with Crippen LogP contribution in [0.1, 0.15) is 38.3 Å². The normalized spacial score (nSPS) is 19.8. The summed E-state index contributed by atoms with van der Waals surface area (Å²) in [7, 11) is 0. The molecule has 1 heterocycles. The van der Waals surface area contributed by atoms with Crippen molar-refractivity contribution in [2.24, 2.45) is 0 Å². The van der Waals surface area contributed by atoms with Crippen molar-refractivity contribution < 1.29 is 8.78 Å². The summed E-state index contributed by atoms with van der Waals surface area (Å²) in [6, 6.07) is 1.72. The summed E-state index contributed by atoms with van der Waals surface area (Å²) >= 11 is 5.88. The Kier molecular flexibility index (Phi) is 4.00. The third kappa shape index (κ3) is 3.51.